The van der Waals surface area contributed by atoms with Gasteiger partial charge >= 0.3 is 5.97 Å². The molecule has 8 heteroatoms. The lowest BCUT2D eigenvalue weighted by atomic mass is 10.3. The Labute approximate surface area is 116 Å². The predicted molar refractivity (Wildman–Crippen MR) is 67.4 cm³/mol. The molecule has 112 valence electrons. The normalized spacial score (nSPS) is 11.3. The molecule has 0 atom stereocenters. The number of hydrogen-bond donors (Lipinski definition) is 1. The first-order valence-corrected chi connectivity index (χ1v) is 7.46. The number of nitrogens with one attached hydrogen (secondary N) is 1. The summed E-state index contributed by atoms with van der Waals surface area (Å²) in [6.45, 7) is 1.39. The molecule has 0 aromatic heterocycles. The van der Waals surface area contributed by atoms with Crippen LogP contribution in [0.4, 0.5) is 8.78 Å². The summed E-state index contributed by atoms with van der Waals surface area (Å²) < 4.78 is 56.6. The minimum atomic E-state index is -4.45. The Morgan fingerprint density at radius 2 is 1.90 bits per heavy atom. The molecule has 20 heavy (non-hydrogen) atoms. The van der Waals surface area contributed by atoms with Crippen LogP contribution in [0.5, 0.6) is 0 Å². The van der Waals surface area contributed by atoms with Gasteiger partial charge in [-0.25, -0.2) is 17.2 Å². The zero-order valence-corrected chi connectivity index (χ0v) is 11.7. The van der Waals surface area contributed by atoms with Crippen molar-refractivity contribution in [3.8, 4) is 0 Å². The summed E-state index contributed by atoms with van der Waals surface area (Å²) >= 11 is 0. The summed E-state index contributed by atoms with van der Waals surface area (Å²) in [7, 11) is -4.45. The van der Waals surface area contributed by atoms with Crippen molar-refractivity contribution >= 4 is 16.0 Å². The molecule has 0 saturated heterocycles. The highest BCUT2D eigenvalue weighted by Crippen LogP contribution is 2.17. The van der Waals surface area contributed by atoms with Crippen LogP contribution >= 0.6 is 0 Å². The highest BCUT2D eigenvalue weighted by molar-refractivity contribution is 7.89. The summed E-state index contributed by atoms with van der Waals surface area (Å²) in [6.07, 6.45) is 1.47. The lowest BCUT2D eigenvalue weighted by Gasteiger charge is -2.08. The molecule has 0 unspecified atom stereocenters. The van der Waals surface area contributed by atoms with Gasteiger partial charge in [-0.15, -0.1) is 0 Å². The number of esters is 1. The Morgan fingerprint density at radius 3 is 2.45 bits per heavy atom. The fourth-order valence-electron chi connectivity index (χ4n) is 1.35. The van der Waals surface area contributed by atoms with Gasteiger partial charge in [0.05, 0.1) is 6.61 Å². The highest BCUT2D eigenvalue weighted by Gasteiger charge is 2.24. The van der Waals surface area contributed by atoms with Crippen molar-refractivity contribution in [1.82, 2.24) is 4.72 Å². The monoisotopic (exact) mass is 307 g/mol. The van der Waals surface area contributed by atoms with Crippen LogP contribution in [0.25, 0.3) is 0 Å². The van der Waals surface area contributed by atoms with E-state index in [0.717, 1.165) is 24.6 Å². The molecule has 0 aliphatic carbocycles. The number of carbonyl (C=O) groups excluding carboxylic acids is 1. The number of ether oxygens (including phenoxy) is 1. The average Bonchev–Trinajstić information content (AvgIpc) is 2.36. The molecule has 0 aliphatic rings. The Morgan fingerprint density at radius 1 is 1.30 bits per heavy atom. The molecule has 0 amide bonds. The minimum absolute atomic E-state index is 0.172. The fraction of sp³-hybridized carbons (Fsp3) is 0.417. The van der Waals surface area contributed by atoms with Gasteiger partial charge < -0.3 is 4.74 Å². The topological polar surface area (TPSA) is 72.5 Å². The molecular weight excluding hydrogens is 292 g/mol. The summed E-state index contributed by atoms with van der Waals surface area (Å²) in [5, 5.41) is 0. The van der Waals surface area contributed by atoms with E-state index < -0.39 is 39.1 Å². The van der Waals surface area contributed by atoms with Crippen LogP contribution < -0.4 is 4.72 Å². The zero-order chi connectivity index (χ0) is 15.2. The second-order valence-corrected chi connectivity index (χ2v) is 5.65. The van der Waals surface area contributed by atoms with Crippen LogP contribution in [0.3, 0.4) is 0 Å². The summed E-state index contributed by atoms with van der Waals surface area (Å²) in [5.41, 5.74) is 0. The average molecular weight is 307 g/mol. The number of carbonyl (C=O) groups is 1. The van der Waals surface area contributed by atoms with Crippen molar-refractivity contribution in [2.75, 3.05) is 13.2 Å². The summed E-state index contributed by atoms with van der Waals surface area (Å²) in [4.78, 5) is 10.1. The zero-order valence-electron chi connectivity index (χ0n) is 10.9. The number of hydrogen-bond acceptors (Lipinski definition) is 4. The second-order valence-electron chi connectivity index (χ2n) is 3.95. The van der Waals surface area contributed by atoms with Crippen molar-refractivity contribution < 1.29 is 26.7 Å². The van der Waals surface area contributed by atoms with Crippen LogP contribution in [0, 0.1) is 11.6 Å². The van der Waals surface area contributed by atoms with Gasteiger partial charge in [0.15, 0.2) is 4.90 Å². The Kier molecular flexibility index (Phi) is 6.03. The highest BCUT2D eigenvalue weighted by atomic mass is 32.2. The minimum Gasteiger partial charge on any atom is -0.465 e. The number of sulfonamides is 1. The lowest BCUT2D eigenvalue weighted by molar-refractivity contribution is -0.142. The molecule has 1 aromatic rings. The standard InChI is InChI=1S/C12H15F2NO4S/c1-2-3-7-19-11(16)8-15-20(17,18)12-9(13)5-4-6-10(12)14/h4-6,15H,2-3,7-8H2,1H3. The maximum atomic E-state index is 13.3. The molecule has 0 fully saturated rings. The van der Waals surface area contributed by atoms with Gasteiger partial charge in [-0.2, -0.15) is 4.72 Å². The van der Waals surface area contributed by atoms with E-state index in [1.54, 1.807) is 4.72 Å². The molecule has 0 radical (unpaired) electrons. The third kappa shape index (κ3) is 4.53. The smallest absolute Gasteiger partial charge is 0.321 e. The third-order valence-electron chi connectivity index (χ3n) is 2.36. The van der Waals surface area contributed by atoms with E-state index in [0.29, 0.717) is 6.42 Å². The van der Waals surface area contributed by atoms with Gasteiger partial charge in [0.25, 0.3) is 0 Å². The quantitative estimate of drug-likeness (QED) is 0.613. The van der Waals surface area contributed by atoms with Crippen LogP contribution in [0.15, 0.2) is 23.1 Å². The molecule has 0 bridgehead atoms. The van der Waals surface area contributed by atoms with Gasteiger partial charge in [-0.1, -0.05) is 19.4 Å². The molecule has 0 aliphatic heterocycles. The van der Waals surface area contributed by atoms with E-state index in [4.69, 9.17) is 4.74 Å². The number of halogens is 2. The number of unbranched alkanes of at least 4 members (excludes halogenated alkanes) is 1. The molecular formula is C12H15F2NO4S. The van der Waals surface area contributed by atoms with Crippen molar-refractivity contribution in [3.05, 3.63) is 29.8 Å². The maximum Gasteiger partial charge on any atom is 0.321 e. The number of rotatable bonds is 7. The molecule has 1 rings (SSSR count). The third-order valence-corrected chi connectivity index (χ3v) is 3.81. The van der Waals surface area contributed by atoms with Crippen LogP contribution in [-0.4, -0.2) is 27.5 Å². The van der Waals surface area contributed by atoms with E-state index in [1.807, 2.05) is 6.92 Å². The lowest BCUT2D eigenvalue weighted by Crippen LogP contribution is -2.32. The first-order valence-electron chi connectivity index (χ1n) is 5.97. The first kappa shape index (κ1) is 16.5. The van der Waals surface area contributed by atoms with Crippen molar-refractivity contribution in [2.45, 2.75) is 24.7 Å². The largest absolute Gasteiger partial charge is 0.465 e. The van der Waals surface area contributed by atoms with Crippen LogP contribution in [0.2, 0.25) is 0 Å². The molecule has 0 heterocycles. The fourth-order valence-corrected chi connectivity index (χ4v) is 2.45. The van der Waals surface area contributed by atoms with Gasteiger partial charge in [-0.05, 0) is 18.6 Å². The van der Waals surface area contributed by atoms with E-state index in [-0.39, 0.29) is 6.61 Å². The Balaban J connectivity index is 2.69. The maximum absolute atomic E-state index is 13.3. The molecule has 0 saturated carbocycles. The van der Waals surface area contributed by atoms with Crippen molar-refractivity contribution in [3.63, 3.8) is 0 Å². The van der Waals surface area contributed by atoms with Gasteiger partial charge in [0.2, 0.25) is 10.0 Å². The molecule has 0 spiro atoms. The Bertz CT molecular complexity index is 555. The van der Waals surface area contributed by atoms with Crippen LogP contribution in [0.1, 0.15) is 19.8 Å². The Hall–Kier alpha value is -1.54. The van der Waals surface area contributed by atoms with Crippen molar-refractivity contribution in [2.24, 2.45) is 0 Å². The van der Waals surface area contributed by atoms with Crippen molar-refractivity contribution in [1.29, 1.82) is 0 Å². The van der Waals surface area contributed by atoms with Gasteiger partial charge in [-0.3, -0.25) is 4.79 Å². The summed E-state index contributed by atoms with van der Waals surface area (Å²) in [5.74, 6) is -3.26. The predicted octanol–water partition coefficient (Wildman–Crippen LogP) is 1.59. The van der Waals surface area contributed by atoms with E-state index >= 15 is 0 Å². The van der Waals surface area contributed by atoms with Crippen LogP contribution in [-0.2, 0) is 19.6 Å². The van der Waals surface area contributed by atoms with E-state index in [2.05, 4.69) is 0 Å². The SMILES string of the molecule is CCCCOC(=O)CNS(=O)(=O)c1c(F)cccc1F. The van der Waals surface area contributed by atoms with E-state index in [1.165, 1.54) is 0 Å². The molecule has 1 N–H and O–H groups in total. The van der Waals surface area contributed by atoms with Gasteiger partial charge in [0.1, 0.15) is 18.2 Å². The molecule has 5 nitrogen and oxygen atoms in total. The molecule has 1 aromatic carbocycles. The van der Waals surface area contributed by atoms with E-state index in [9.17, 15) is 22.0 Å². The summed E-state index contributed by atoms with van der Waals surface area (Å²) in [6, 6.07) is 2.68. The van der Waals surface area contributed by atoms with Gasteiger partial charge in [0, 0.05) is 0 Å². The first-order chi connectivity index (χ1) is 9.38. The number of benzene rings is 1. The second kappa shape index (κ2) is 7.30.